The molecule has 0 spiro atoms. The molecule has 0 aromatic carbocycles. The zero-order valence-corrected chi connectivity index (χ0v) is 9.26. The Hall–Kier alpha value is -0.940. The number of piperidine rings is 1. The average Bonchev–Trinajstić information content (AvgIpc) is 2.71. The molecule has 15 heavy (non-hydrogen) atoms. The second-order valence-corrected chi connectivity index (χ2v) is 4.93. The van der Waals surface area contributed by atoms with Gasteiger partial charge in [0, 0.05) is 36.3 Å². The Morgan fingerprint density at radius 1 is 1.60 bits per heavy atom. The smallest absolute Gasteiger partial charge is 0.147 e. The zero-order valence-electron chi connectivity index (χ0n) is 8.44. The van der Waals surface area contributed by atoms with E-state index in [9.17, 15) is 9.90 Å². The van der Waals surface area contributed by atoms with E-state index >= 15 is 0 Å². The second-order valence-electron chi connectivity index (χ2n) is 3.95. The van der Waals surface area contributed by atoms with Gasteiger partial charge in [-0.15, -0.1) is 11.3 Å². The first-order chi connectivity index (χ1) is 7.25. The molecule has 2 rings (SSSR count). The van der Waals surface area contributed by atoms with E-state index in [-0.39, 0.29) is 5.92 Å². The molecule has 1 aliphatic rings. The van der Waals surface area contributed by atoms with Crippen LogP contribution in [0.5, 0.6) is 0 Å². The van der Waals surface area contributed by atoms with E-state index in [1.807, 2.05) is 11.6 Å². The van der Waals surface area contributed by atoms with Crippen molar-refractivity contribution in [3.8, 4) is 0 Å². The van der Waals surface area contributed by atoms with Gasteiger partial charge in [0.15, 0.2) is 0 Å². The summed E-state index contributed by atoms with van der Waals surface area (Å²) in [6.45, 7) is 2.76. The van der Waals surface area contributed by atoms with E-state index in [0.29, 0.717) is 0 Å². The molecule has 1 aromatic rings. The minimum atomic E-state index is -0.886. The summed E-state index contributed by atoms with van der Waals surface area (Å²) in [4.78, 5) is 16.3. The molecule has 1 saturated heterocycles. The Labute approximate surface area is 92.6 Å². The van der Waals surface area contributed by atoms with E-state index in [4.69, 9.17) is 0 Å². The lowest BCUT2D eigenvalue weighted by Gasteiger charge is -2.29. The molecule has 0 radical (unpaired) electrons. The van der Waals surface area contributed by atoms with Crippen molar-refractivity contribution in [2.75, 3.05) is 13.1 Å². The van der Waals surface area contributed by atoms with Crippen LogP contribution in [0, 0.1) is 5.92 Å². The summed E-state index contributed by atoms with van der Waals surface area (Å²) in [6, 6.07) is 0. The lowest BCUT2D eigenvalue weighted by atomic mass is 9.97. The van der Waals surface area contributed by atoms with Crippen molar-refractivity contribution in [1.29, 1.82) is 0 Å². The van der Waals surface area contributed by atoms with Crippen molar-refractivity contribution in [1.82, 2.24) is 4.98 Å². The topological polar surface area (TPSA) is 57.5 Å². The average molecular weight is 226 g/mol. The van der Waals surface area contributed by atoms with Gasteiger partial charge in [0.25, 0.3) is 0 Å². The minimum Gasteiger partial charge on any atom is -0.550 e. The molecule has 0 bridgehead atoms. The van der Waals surface area contributed by atoms with Crippen LogP contribution in [0.15, 0.2) is 11.6 Å². The Morgan fingerprint density at radius 2 is 2.33 bits per heavy atom. The summed E-state index contributed by atoms with van der Waals surface area (Å²) in [5.41, 5.74) is 0. The fraction of sp³-hybridized carbons (Fsp3) is 0.600. The number of carbonyl (C=O) groups is 1. The summed E-state index contributed by atoms with van der Waals surface area (Å²) in [5.74, 6) is -1.12. The highest BCUT2D eigenvalue weighted by Crippen LogP contribution is 2.08. The van der Waals surface area contributed by atoms with Crippen LogP contribution in [0.2, 0.25) is 0 Å². The molecular weight excluding hydrogens is 212 g/mol. The zero-order chi connectivity index (χ0) is 10.7. The third kappa shape index (κ3) is 2.76. The fourth-order valence-electron chi connectivity index (χ4n) is 1.99. The van der Waals surface area contributed by atoms with E-state index in [1.54, 1.807) is 11.3 Å². The summed E-state index contributed by atoms with van der Waals surface area (Å²) in [7, 11) is 0. The molecule has 0 unspecified atom stereocenters. The van der Waals surface area contributed by atoms with E-state index < -0.39 is 5.97 Å². The largest absolute Gasteiger partial charge is 0.550 e. The lowest BCUT2D eigenvalue weighted by Crippen LogP contribution is -3.11. The van der Waals surface area contributed by atoms with Crippen LogP contribution >= 0.6 is 11.3 Å². The van der Waals surface area contributed by atoms with Crippen LogP contribution in [-0.2, 0) is 11.3 Å². The summed E-state index contributed by atoms with van der Waals surface area (Å²) in [6.07, 6.45) is 3.29. The van der Waals surface area contributed by atoms with Gasteiger partial charge in [0.1, 0.15) is 11.6 Å². The summed E-state index contributed by atoms with van der Waals surface area (Å²) in [5, 5.41) is 13.8. The van der Waals surface area contributed by atoms with Gasteiger partial charge in [0.05, 0.1) is 13.1 Å². The van der Waals surface area contributed by atoms with Gasteiger partial charge >= 0.3 is 0 Å². The van der Waals surface area contributed by atoms with E-state index in [2.05, 4.69) is 4.98 Å². The molecule has 0 amide bonds. The van der Waals surface area contributed by atoms with Crippen LogP contribution < -0.4 is 10.0 Å². The Morgan fingerprint density at radius 3 is 2.87 bits per heavy atom. The highest BCUT2D eigenvalue weighted by molar-refractivity contribution is 7.09. The number of nitrogens with one attached hydrogen (secondary N) is 1. The lowest BCUT2D eigenvalue weighted by molar-refractivity contribution is -0.919. The number of quaternary nitrogens is 1. The molecular formula is C10H14N2O2S. The van der Waals surface area contributed by atoms with Gasteiger partial charge in [0.2, 0.25) is 0 Å². The first-order valence-corrected chi connectivity index (χ1v) is 6.06. The first kappa shape index (κ1) is 10.6. The maximum Gasteiger partial charge on any atom is 0.147 e. The normalized spacial score (nSPS) is 26.4. The molecule has 0 saturated carbocycles. The third-order valence-corrected chi connectivity index (χ3v) is 3.69. The van der Waals surface area contributed by atoms with Crippen molar-refractivity contribution in [3.63, 3.8) is 0 Å². The molecule has 1 aliphatic heterocycles. The number of thiazole rings is 1. The number of aromatic nitrogens is 1. The molecule has 1 aromatic heterocycles. The third-order valence-electron chi connectivity index (χ3n) is 2.91. The van der Waals surface area contributed by atoms with Crippen LogP contribution in [0.3, 0.4) is 0 Å². The first-order valence-electron chi connectivity index (χ1n) is 5.18. The standard InChI is InChI=1S/C10H14N2O2S/c13-10(14)8-1-4-12(5-2-8)7-9-11-3-6-15-9/h3,6,8H,1-2,4-5,7H2,(H,13,14). The molecule has 4 nitrogen and oxygen atoms in total. The Balaban J connectivity index is 1.81. The number of aliphatic carboxylic acids is 1. The van der Waals surface area contributed by atoms with Gasteiger partial charge in [-0.3, -0.25) is 0 Å². The highest BCUT2D eigenvalue weighted by Gasteiger charge is 2.23. The van der Waals surface area contributed by atoms with Crippen molar-refractivity contribution in [2.24, 2.45) is 5.92 Å². The molecule has 5 heteroatoms. The number of carboxylic acids is 1. The van der Waals surface area contributed by atoms with Crippen molar-refractivity contribution < 1.29 is 14.8 Å². The maximum absolute atomic E-state index is 10.6. The molecule has 1 N–H and O–H groups in total. The molecule has 0 aliphatic carbocycles. The van der Waals surface area contributed by atoms with Gasteiger partial charge < -0.3 is 14.8 Å². The quantitative estimate of drug-likeness (QED) is 0.696. The summed E-state index contributed by atoms with van der Waals surface area (Å²) >= 11 is 1.66. The molecule has 82 valence electrons. The number of likely N-dealkylation sites (tertiary alicyclic amines) is 1. The monoisotopic (exact) mass is 226 g/mol. The van der Waals surface area contributed by atoms with Gasteiger partial charge in [-0.1, -0.05) is 0 Å². The number of hydrogen-bond acceptors (Lipinski definition) is 4. The van der Waals surface area contributed by atoms with Crippen LogP contribution in [0.1, 0.15) is 17.8 Å². The maximum atomic E-state index is 10.6. The summed E-state index contributed by atoms with van der Waals surface area (Å²) < 4.78 is 0. The number of hydrogen-bond donors (Lipinski definition) is 1. The van der Waals surface area contributed by atoms with Gasteiger partial charge in [-0.2, -0.15) is 0 Å². The number of nitrogens with zero attached hydrogens (tertiary/aromatic N) is 1. The predicted molar refractivity (Wildman–Crippen MR) is 54.2 cm³/mol. The fourth-order valence-corrected chi connectivity index (χ4v) is 2.68. The van der Waals surface area contributed by atoms with E-state index in [1.165, 1.54) is 4.90 Å². The number of rotatable bonds is 3. The Kier molecular flexibility index (Phi) is 3.33. The number of carboxylic acid groups (broad SMARTS) is 1. The Bertz CT molecular complexity index is 318. The van der Waals surface area contributed by atoms with Crippen molar-refractivity contribution >= 4 is 17.3 Å². The minimum absolute atomic E-state index is 0.231. The van der Waals surface area contributed by atoms with E-state index in [0.717, 1.165) is 37.5 Å². The predicted octanol–water partition coefficient (Wildman–Crippen LogP) is -1.31. The molecule has 2 heterocycles. The van der Waals surface area contributed by atoms with Gasteiger partial charge in [-0.05, 0) is 0 Å². The second kappa shape index (κ2) is 4.72. The van der Waals surface area contributed by atoms with Gasteiger partial charge in [-0.25, -0.2) is 4.98 Å². The highest BCUT2D eigenvalue weighted by atomic mass is 32.1. The van der Waals surface area contributed by atoms with Crippen LogP contribution in [0.25, 0.3) is 0 Å². The SMILES string of the molecule is O=C([O-])C1CC[NH+](Cc2nccs2)CC1. The van der Waals surface area contributed by atoms with Crippen molar-refractivity contribution in [2.45, 2.75) is 19.4 Å². The molecule has 0 atom stereocenters. The van der Waals surface area contributed by atoms with Crippen molar-refractivity contribution in [3.05, 3.63) is 16.6 Å². The number of carbonyl (C=O) groups excluding carboxylic acids is 1. The molecule has 1 fully saturated rings. The van der Waals surface area contributed by atoms with Crippen LogP contribution in [0.4, 0.5) is 0 Å². The van der Waals surface area contributed by atoms with Crippen LogP contribution in [-0.4, -0.2) is 24.0 Å².